The van der Waals surface area contributed by atoms with Crippen LogP contribution in [0.25, 0.3) is 0 Å². The van der Waals surface area contributed by atoms with E-state index in [-0.39, 0.29) is 19.6 Å². The van der Waals surface area contributed by atoms with Crippen molar-refractivity contribution in [2.24, 2.45) is 0 Å². The summed E-state index contributed by atoms with van der Waals surface area (Å²) in [6.07, 6.45) is -5.28. The predicted octanol–water partition coefficient (Wildman–Crippen LogP) is 3.21. The fourth-order valence-corrected chi connectivity index (χ4v) is 1.57. The summed E-state index contributed by atoms with van der Waals surface area (Å²) in [5, 5.41) is 9.05. The number of ether oxygens (including phenoxy) is 1. The van der Waals surface area contributed by atoms with Crippen LogP contribution in [0.4, 0.5) is 13.2 Å². The monoisotopic (exact) mass is 276 g/mol. The summed E-state index contributed by atoms with van der Waals surface area (Å²) in [5.41, 5.74) is 0.575. The van der Waals surface area contributed by atoms with Crippen molar-refractivity contribution in [2.45, 2.75) is 24.9 Å². The third-order valence-electron chi connectivity index (χ3n) is 2.53. The van der Waals surface area contributed by atoms with Crippen LogP contribution in [0.1, 0.15) is 24.3 Å². The molecule has 0 saturated carbocycles. The maximum atomic E-state index is 11.9. The van der Waals surface area contributed by atoms with Crippen LogP contribution < -0.4 is 0 Å². The first-order valence-electron chi connectivity index (χ1n) is 5.82. The molecule has 0 radical (unpaired) electrons. The summed E-state index contributed by atoms with van der Waals surface area (Å²) in [6, 6.07) is 8.46. The zero-order valence-corrected chi connectivity index (χ0v) is 10.2. The van der Waals surface area contributed by atoms with Crippen LogP contribution in [-0.2, 0) is 9.53 Å². The van der Waals surface area contributed by atoms with Gasteiger partial charge in [-0.15, -0.1) is 0 Å². The largest absolute Gasteiger partial charge is 0.481 e. The van der Waals surface area contributed by atoms with Gasteiger partial charge in [-0.2, -0.15) is 13.2 Å². The number of benzene rings is 1. The Balaban J connectivity index is 2.38. The van der Waals surface area contributed by atoms with Crippen LogP contribution in [-0.4, -0.2) is 30.5 Å². The molecular formula is C13H15F3O3. The summed E-state index contributed by atoms with van der Waals surface area (Å²) in [6.45, 7) is -0.229. The maximum Gasteiger partial charge on any atom is 0.389 e. The van der Waals surface area contributed by atoms with E-state index >= 15 is 0 Å². The number of hydrogen-bond acceptors (Lipinski definition) is 2. The van der Waals surface area contributed by atoms with Crippen molar-refractivity contribution in [3.05, 3.63) is 35.9 Å². The molecule has 1 rings (SSSR count). The van der Waals surface area contributed by atoms with E-state index in [4.69, 9.17) is 9.84 Å². The molecule has 3 nitrogen and oxygen atoms in total. The van der Waals surface area contributed by atoms with Crippen molar-refractivity contribution in [3.8, 4) is 0 Å². The number of carboxylic acid groups (broad SMARTS) is 1. The number of aliphatic carboxylic acids is 1. The van der Waals surface area contributed by atoms with E-state index in [1.165, 1.54) is 0 Å². The normalized spacial score (nSPS) is 13.2. The second-order valence-corrected chi connectivity index (χ2v) is 4.10. The van der Waals surface area contributed by atoms with E-state index in [1.807, 2.05) is 0 Å². The standard InChI is InChI=1S/C13H15F3O3/c14-13(15,16)7-4-8-19-9-11(12(17)18)10-5-2-1-3-6-10/h1-3,5-6,11H,4,7-9H2,(H,17,18). The Morgan fingerprint density at radius 3 is 2.42 bits per heavy atom. The average molecular weight is 276 g/mol. The molecule has 0 aliphatic carbocycles. The Morgan fingerprint density at radius 2 is 1.89 bits per heavy atom. The zero-order chi connectivity index (χ0) is 14.3. The van der Waals surface area contributed by atoms with Gasteiger partial charge in [0.1, 0.15) is 5.92 Å². The molecule has 0 saturated heterocycles. The lowest BCUT2D eigenvalue weighted by atomic mass is 10.0. The first-order valence-corrected chi connectivity index (χ1v) is 5.82. The van der Waals surface area contributed by atoms with E-state index in [9.17, 15) is 18.0 Å². The second kappa shape index (κ2) is 7.13. The van der Waals surface area contributed by atoms with Gasteiger partial charge in [0.2, 0.25) is 0 Å². The van der Waals surface area contributed by atoms with E-state index in [1.54, 1.807) is 30.3 Å². The molecule has 106 valence electrons. The third kappa shape index (κ3) is 6.24. The number of hydrogen-bond donors (Lipinski definition) is 1. The molecule has 1 aromatic rings. The molecule has 0 heterocycles. The molecule has 0 fully saturated rings. The molecule has 1 unspecified atom stereocenters. The fraction of sp³-hybridized carbons (Fsp3) is 0.462. The van der Waals surface area contributed by atoms with Crippen LogP contribution in [0.5, 0.6) is 0 Å². The number of alkyl halides is 3. The van der Waals surface area contributed by atoms with Gasteiger partial charge in [0.25, 0.3) is 0 Å². The van der Waals surface area contributed by atoms with Crippen LogP contribution >= 0.6 is 0 Å². The van der Waals surface area contributed by atoms with Gasteiger partial charge in [-0.25, -0.2) is 0 Å². The molecule has 0 amide bonds. The molecule has 1 aromatic carbocycles. The Kier molecular flexibility index (Phi) is 5.82. The minimum absolute atomic E-state index is 0.101. The predicted molar refractivity (Wildman–Crippen MR) is 62.9 cm³/mol. The van der Waals surface area contributed by atoms with E-state index < -0.39 is 24.5 Å². The Labute approximate surface area is 109 Å². The van der Waals surface area contributed by atoms with E-state index in [0.29, 0.717) is 5.56 Å². The maximum absolute atomic E-state index is 11.9. The van der Waals surface area contributed by atoms with Gasteiger partial charge in [-0.1, -0.05) is 30.3 Å². The molecule has 19 heavy (non-hydrogen) atoms. The van der Waals surface area contributed by atoms with E-state index in [0.717, 1.165) is 0 Å². The second-order valence-electron chi connectivity index (χ2n) is 4.10. The number of rotatable bonds is 7. The van der Waals surface area contributed by atoms with Crippen LogP contribution in [0.15, 0.2) is 30.3 Å². The van der Waals surface area contributed by atoms with Gasteiger partial charge in [0, 0.05) is 13.0 Å². The number of carbonyl (C=O) groups is 1. The summed E-state index contributed by atoms with van der Waals surface area (Å²) < 4.78 is 40.7. The van der Waals surface area contributed by atoms with Crippen molar-refractivity contribution in [2.75, 3.05) is 13.2 Å². The Morgan fingerprint density at radius 1 is 1.26 bits per heavy atom. The van der Waals surface area contributed by atoms with Crippen molar-refractivity contribution >= 4 is 5.97 Å². The van der Waals surface area contributed by atoms with Gasteiger partial charge < -0.3 is 9.84 Å². The van der Waals surface area contributed by atoms with Gasteiger partial charge in [0.15, 0.2) is 0 Å². The van der Waals surface area contributed by atoms with Gasteiger partial charge >= 0.3 is 12.1 Å². The fourth-order valence-electron chi connectivity index (χ4n) is 1.57. The van der Waals surface area contributed by atoms with Crippen molar-refractivity contribution in [1.29, 1.82) is 0 Å². The highest BCUT2D eigenvalue weighted by Crippen LogP contribution is 2.21. The lowest BCUT2D eigenvalue weighted by Gasteiger charge is -2.13. The molecule has 0 aliphatic rings. The minimum atomic E-state index is -4.20. The zero-order valence-electron chi connectivity index (χ0n) is 10.2. The number of halogens is 3. The molecule has 0 aromatic heterocycles. The van der Waals surface area contributed by atoms with Crippen molar-refractivity contribution < 1.29 is 27.8 Å². The smallest absolute Gasteiger partial charge is 0.389 e. The number of carboxylic acids is 1. The molecule has 0 bridgehead atoms. The minimum Gasteiger partial charge on any atom is -0.481 e. The summed E-state index contributed by atoms with van der Waals surface area (Å²) in [4.78, 5) is 11.1. The molecule has 0 spiro atoms. The lowest BCUT2D eigenvalue weighted by Crippen LogP contribution is -2.18. The highest BCUT2D eigenvalue weighted by Gasteiger charge is 2.26. The summed E-state index contributed by atoms with van der Waals surface area (Å²) in [5.74, 6) is -1.91. The summed E-state index contributed by atoms with van der Waals surface area (Å²) in [7, 11) is 0. The van der Waals surface area contributed by atoms with Crippen molar-refractivity contribution in [1.82, 2.24) is 0 Å². The van der Waals surface area contributed by atoms with Crippen molar-refractivity contribution in [3.63, 3.8) is 0 Å². The molecule has 6 heteroatoms. The lowest BCUT2D eigenvalue weighted by molar-refractivity contribution is -0.143. The quantitative estimate of drug-likeness (QED) is 0.778. The summed E-state index contributed by atoms with van der Waals surface area (Å²) >= 11 is 0. The van der Waals surface area contributed by atoms with Gasteiger partial charge in [-0.05, 0) is 12.0 Å². The Bertz CT molecular complexity index is 390. The SMILES string of the molecule is O=C(O)C(COCCCC(F)(F)F)c1ccccc1. The molecular weight excluding hydrogens is 261 g/mol. The Hall–Kier alpha value is -1.56. The molecule has 1 N–H and O–H groups in total. The van der Waals surface area contributed by atoms with Crippen LogP contribution in [0.3, 0.4) is 0 Å². The topological polar surface area (TPSA) is 46.5 Å². The van der Waals surface area contributed by atoms with Crippen LogP contribution in [0, 0.1) is 0 Å². The first-order chi connectivity index (χ1) is 8.90. The van der Waals surface area contributed by atoms with E-state index in [2.05, 4.69) is 0 Å². The molecule has 0 aliphatic heterocycles. The third-order valence-corrected chi connectivity index (χ3v) is 2.53. The van der Waals surface area contributed by atoms with Crippen LogP contribution in [0.2, 0.25) is 0 Å². The molecule has 1 atom stereocenters. The van der Waals surface area contributed by atoms with Gasteiger partial charge in [-0.3, -0.25) is 4.79 Å². The average Bonchev–Trinajstić information content (AvgIpc) is 2.33. The van der Waals surface area contributed by atoms with Gasteiger partial charge in [0.05, 0.1) is 6.61 Å². The highest BCUT2D eigenvalue weighted by atomic mass is 19.4. The first kappa shape index (κ1) is 15.5. The highest BCUT2D eigenvalue weighted by molar-refractivity contribution is 5.76.